The van der Waals surface area contributed by atoms with Crippen LogP contribution in [0.1, 0.15) is 25.3 Å². The second kappa shape index (κ2) is 6.86. The molecule has 2 atom stereocenters. The first-order chi connectivity index (χ1) is 9.58. The number of hydrogen-bond acceptors (Lipinski definition) is 3. The van der Waals surface area contributed by atoms with Crippen LogP contribution in [0.25, 0.3) is 0 Å². The molecule has 1 aliphatic rings. The van der Waals surface area contributed by atoms with Gasteiger partial charge in [0.1, 0.15) is 0 Å². The van der Waals surface area contributed by atoms with Gasteiger partial charge in [0.15, 0.2) is 0 Å². The van der Waals surface area contributed by atoms with Gasteiger partial charge in [-0.3, -0.25) is 9.69 Å². The lowest BCUT2D eigenvalue weighted by Crippen LogP contribution is -2.51. The van der Waals surface area contributed by atoms with Crippen molar-refractivity contribution in [1.29, 1.82) is 0 Å². The van der Waals surface area contributed by atoms with Crippen LogP contribution < -0.4 is 5.73 Å². The first kappa shape index (κ1) is 15.0. The summed E-state index contributed by atoms with van der Waals surface area (Å²) in [5.74, 6) is 0.0385. The lowest BCUT2D eigenvalue weighted by molar-refractivity contribution is -0.134. The van der Waals surface area contributed by atoms with Crippen LogP contribution in [0, 0.1) is 0 Å². The van der Waals surface area contributed by atoms with E-state index in [2.05, 4.69) is 29.2 Å². The summed E-state index contributed by atoms with van der Waals surface area (Å²) in [6.45, 7) is 4.75. The van der Waals surface area contributed by atoms with Crippen LogP contribution in [0.15, 0.2) is 30.3 Å². The Hall–Kier alpha value is -1.39. The minimum absolute atomic E-state index is 0.0385. The van der Waals surface area contributed by atoms with E-state index >= 15 is 0 Å². The molecule has 110 valence electrons. The average molecular weight is 275 g/mol. The average Bonchev–Trinajstić information content (AvgIpc) is 2.47. The number of benzene rings is 1. The van der Waals surface area contributed by atoms with Gasteiger partial charge in [0.2, 0.25) is 5.91 Å². The van der Waals surface area contributed by atoms with Gasteiger partial charge in [-0.05, 0) is 31.9 Å². The molecule has 1 aromatic rings. The molecular weight excluding hydrogens is 250 g/mol. The molecular formula is C16H25N3O. The van der Waals surface area contributed by atoms with Crippen molar-refractivity contribution in [2.75, 3.05) is 20.1 Å². The molecule has 0 saturated carbocycles. The highest BCUT2D eigenvalue weighted by Crippen LogP contribution is 2.17. The summed E-state index contributed by atoms with van der Waals surface area (Å²) in [5.41, 5.74) is 7.02. The van der Waals surface area contributed by atoms with Crippen LogP contribution in [0.5, 0.6) is 0 Å². The van der Waals surface area contributed by atoms with E-state index in [9.17, 15) is 4.79 Å². The topological polar surface area (TPSA) is 49.6 Å². The Labute approximate surface area is 121 Å². The number of rotatable bonds is 4. The number of carbonyl (C=O) groups excluding carboxylic acids is 1. The molecule has 0 aliphatic carbocycles. The standard InChI is InChI=1S/C16H25N3O/c1-13(17)16(20)18(2)15-9-6-10-19(12-15)11-14-7-4-3-5-8-14/h3-5,7-8,13,15H,6,9-12,17H2,1-2H3/t13-,15-/m0/s1. The third kappa shape index (κ3) is 3.81. The first-order valence-corrected chi connectivity index (χ1v) is 7.36. The van der Waals surface area contributed by atoms with Crippen LogP contribution in [-0.4, -0.2) is 47.9 Å². The number of nitrogens with two attached hydrogens (primary N) is 1. The molecule has 2 N–H and O–H groups in total. The molecule has 1 fully saturated rings. The molecule has 0 bridgehead atoms. The summed E-state index contributed by atoms with van der Waals surface area (Å²) >= 11 is 0. The molecule has 0 spiro atoms. The van der Waals surface area contributed by atoms with Crippen molar-refractivity contribution in [3.05, 3.63) is 35.9 Å². The van der Waals surface area contributed by atoms with Gasteiger partial charge in [0.05, 0.1) is 6.04 Å². The summed E-state index contributed by atoms with van der Waals surface area (Å²) in [4.78, 5) is 16.2. The maximum absolute atomic E-state index is 12.0. The van der Waals surface area contributed by atoms with E-state index in [0.717, 1.165) is 32.5 Å². The minimum atomic E-state index is -0.413. The second-order valence-corrected chi connectivity index (χ2v) is 5.75. The Morgan fingerprint density at radius 2 is 2.15 bits per heavy atom. The number of hydrogen-bond donors (Lipinski definition) is 1. The van der Waals surface area contributed by atoms with Crippen molar-refractivity contribution in [2.45, 2.75) is 38.4 Å². The summed E-state index contributed by atoms with van der Waals surface area (Å²) in [6.07, 6.45) is 2.20. The minimum Gasteiger partial charge on any atom is -0.340 e. The summed E-state index contributed by atoms with van der Waals surface area (Å²) in [6, 6.07) is 10.4. The van der Waals surface area contributed by atoms with E-state index < -0.39 is 6.04 Å². The van der Waals surface area contributed by atoms with Gasteiger partial charge < -0.3 is 10.6 Å². The van der Waals surface area contributed by atoms with Gasteiger partial charge in [0.25, 0.3) is 0 Å². The molecule has 2 rings (SSSR count). The number of likely N-dealkylation sites (tertiary alicyclic amines) is 1. The second-order valence-electron chi connectivity index (χ2n) is 5.75. The Balaban J connectivity index is 1.93. The Morgan fingerprint density at radius 1 is 1.45 bits per heavy atom. The predicted octanol–water partition coefficient (Wildman–Crippen LogP) is 1.46. The van der Waals surface area contributed by atoms with Gasteiger partial charge in [-0.1, -0.05) is 30.3 Å². The first-order valence-electron chi connectivity index (χ1n) is 7.36. The number of amides is 1. The Morgan fingerprint density at radius 3 is 2.80 bits per heavy atom. The van der Waals surface area contributed by atoms with Crippen LogP contribution in [0.4, 0.5) is 0 Å². The summed E-state index contributed by atoms with van der Waals surface area (Å²) in [7, 11) is 1.88. The normalized spacial score (nSPS) is 21.4. The van der Waals surface area contributed by atoms with Crippen molar-refractivity contribution in [2.24, 2.45) is 5.73 Å². The molecule has 4 heteroatoms. The largest absolute Gasteiger partial charge is 0.340 e. The molecule has 20 heavy (non-hydrogen) atoms. The molecule has 1 saturated heterocycles. The molecule has 4 nitrogen and oxygen atoms in total. The zero-order valence-corrected chi connectivity index (χ0v) is 12.5. The fourth-order valence-corrected chi connectivity index (χ4v) is 2.83. The Kier molecular flexibility index (Phi) is 5.15. The molecule has 1 heterocycles. The van der Waals surface area contributed by atoms with Crippen molar-refractivity contribution >= 4 is 5.91 Å². The predicted molar refractivity (Wildman–Crippen MR) is 81.2 cm³/mol. The van der Waals surface area contributed by atoms with E-state index in [0.29, 0.717) is 0 Å². The third-order valence-electron chi connectivity index (χ3n) is 4.01. The SMILES string of the molecule is C[C@H](N)C(=O)N(C)[C@H]1CCCN(Cc2ccccc2)C1. The van der Waals surface area contributed by atoms with Gasteiger partial charge in [0, 0.05) is 26.2 Å². The maximum atomic E-state index is 12.0. The smallest absolute Gasteiger partial charge is 0.239 e. The van der Waals surface area contributed by atoms with E-state index in [-0.39, 0.29) is 11.9 Å². The van der Waals surface area contributed by atoms with Gasteiger partial charge in [-0.15, -0.1) is 0 Å². The third-order valence-corrected chi connectivity index (χ3v) is 4.01. The van der Waals surface area contributed by atoms with E-state index in [4.69, 9.17) is 5.73 Å². The van der Waals surface area contributed by atoms with Crippen molar-refractivity contribution in [3.8, 4) is 0 Å². The highest BCUT2D eigenvalue weighted by molar-refractivity contribution is 5.81. The van der Waals surface area contributed by atoms with Crippen LogP contribution in [0.2, 0.25) is 0 Å². The molecule has 1 aliphatic heterocycles. The summed E-state index contributed by atoms with van der Waals surface area (Å²) < 4.78 is 0. The molecule has 0 radical (unpaired) electrons. The lowest BCUT2D eigenvalue weighted by Gasteiger charge is -2.38. The Bertz CT molecular complexity index is 433. The number of nitrogens with zero attached hydrogens (tertiary/aromatic N) is 2. The molecule has 0 aromatic heterocycles. The molecule has 1 aromatic carbocycles. The molecule has 0 unspecified atom stereocenters. The fraction of sp³-hybridized carbons (Fsp3) is 0.562. The van der Waals surface area contributed by atoms with E-state index in [1.807, 2.05) is 18.0 Å². The fourth-order valence-electron chi connectivity index (χ4n) is 2.83. The zero-order chi connectivity index (χ0) is 14.5. The van der Waals surface area contributed by atoms with Crippen LogP contribution >= 0.6 is 0 Å². The highest BCUT2D eigenvalue weighted by Gasteiger charge is 2.27. The van der Waals surface area contributed by atoms with Gasteiger partial charge in [-0.25, -0.2) is 0 Å². The monoisotopic (exact) mass is 275 g/mol. The van der Waals surface area contributed by atoms with Crippen molar-refractivity contribution < 1.29 is 4.79 Å². The van der Waals surface area contributed by atoms with Crippen molar-refractivity contribution in [3.63, 3.8) is 0 Å². The quantitative estimate of drug-likeness (QED) is 0.905. The number of carbonyl (C=O) groups is 1. The highest BCUT2D eigenvalue weighted by atomic mass is 16.2. The summed E-state index contributed by atoms with van der Waals surface area (Å²) in [5, 5.41) is 0. The van der Waals surface area contributed by atoms with E-state index in [1.165, 1.54) is 5.56 Å². The lowest BCUT2D eigenvalue weighted by atomic mass is 10.0. The van der Waals surface area contributed by atoms with Gasteiger partial charge >= 0.3 is 0 Å². The van der Waals surface area contributed by atoms with Crippen LogP contribution in [-0.2, 0) is 11.3 Å². The van der Waals surface area contributed by atoms with Gasteiger partial charge in [-0.2, -0.15) is 0 Å². The molecule has 1 amide bonds. The van der Waals surface area contributed by atoms with E-state index in [1.54, 1.807) is 6.92 Å². The van der Waals surface area contributed by atoms with Crippen LogP contribution in [0.3, 0.4) is 0 Å². The number of likely N-dealkylation sites (N-methyl/N-ethyl adjacent to an activating group) is 1. The van der Waals surface area contributed by atoms with Crippen molar-refractivity contribution in [1.82, 2.24) is 9.80 Å². The number of piperidine rings is 1. The maximum Gasteiger partial charge on any atom is 0.239 e. The zero-order valence-electron chi connectivity index (χ0n) is 12.5.